The number of rotatable bonds is 4. The van der Waals surface area contributed by atoms with Gasteiger partial charge >= 0.3 is 11.8 Å². The Bertz CT molecular complexity index is 306. The average molecular weight is 229 g/mol. The van der Waals surface area contributed by atoms with Crippen molar-refractivity contribution < 1.29 is 19.2 Å². The van der Waals surface area contributed by atoms with Gasteiger partial charge in [-0.1, -0.05) is 6.42 Å². The van der Waals surface area contributed by atoms with E-state index in [1.165, 1.54) is 0 Å². The van der Waals surface area contributed by atoms with Crippen molar-refractivity contribution in [1.82, 2.24) is 0 Å². The van der Waals surface area contributed by atoms with E-state index in [2.05, 4.69) is 4.74 Å². The van der Waals surface area contributed by atoms with Crippen LogP contribution < -0.4 is 0 Å². The Morgan fingerprint density at radius 2 is 1.88 bits per heavy atom. The number of esters is 1. The quantitative estimate of drug-likeness (QED) is 0.312. The minimum Gasteiger partial charge on any atom is -0.460 e. The number of carbonyl (C=O) groups is 2. The lowest BCUT2D eigenvalue weighted by Crippen LogP contribution is -2.51. The van der Waals surface area contributed by atoms with E-state index in [1.807, 2.05) is 0 Å². The Morgan fingerprint density at radius 1 is 1.31 bits per heavy atom. The summed E-state index contributed by atoms with van der Waals surface area (Å²) >= 11 is 0. The molecule has 0 N–H and O–H groups in total. The highest BCUT2D eigenvalue weighted by Gasteiger charge is 2.54. The molecule has 1 fully saturated rings. The van der Waals surface area contributed by atoms with Crippen LogP contribution in [-0.4, -0.2) is 28.8 Å². The second kappa shape index (κ2) is 5.05. The van der Waals surface area contributed by atoms with Gasteiger partial charge in [0, 0.05) is 17.8 Å². The number of Topliss-reactive ketones (excluding diaryl/α,β-unsaturated/α-hetero) is 1. The Balaban J connectivity index is 2.88. The van der Waals surface area contributed by atoms with Crippen molar-refractivity contribution in [2.75, 3.05) is 6.61 Å². The first kappa shape index (κ1) is 12.6. The summed E-state index contributed by atoms with van der Waals surface area (Å²) in [5, 5.41) is 11.0. The summed E-state index contributed by atoms with van der Waals surface area (Å²) in [4.78, 5) is 33.4. The lowest BCUT2D eigenvalue weighted by Gasteiger charge is -2.26. The fourth-order valence-electron chi connectivity index (χ4n) is 2.02. The van der Waals surface area contributed by atoms with Gasteiger partial charge in [0.1, 0.15) is 0 Å². The first-order valence-electron chi connectivity index (χ1n) is 5.40. The molecule has 1 aliphatic rings. The zero-order valence-corrected chi connectivity index (χ0v) is 9.23. The van der Waals surface area contributed by atoms with Crippen LogP contribution in [0.1, 0.15) is 39.0 Å². The summed E-state index contributed by atoms with van der Waals surface area (Å²) in [6, 6.07) is 0. The standard InChI is InChI=1S/C10H15NO5/c1-2-16-9(13)8(12)10(11(14)15)6-4-3-5-7-10/h2-7H2,1H3. The molecule has 0 aliphatic heterocycles. The van der Waals surface area contributed by atoms with Gasteiger partial charge in [0.2, 0.25) is 0 Å². The Labute approximate surface area is 93.1 Å². The molecule has 6 nitrogen and oxygen atoms in total. The lowest BCUT2D eigenvalue weighted by atomic mass is 9.79. The van der Waals surface area contributed by atoms with E-state index in [9.17, 15) is 19.7 Å². The zero-order valence-electron chi connectivity index (χ0n) is 9.23. The molecular formula is C10H15NO5. The largest absolute Gasteiger partial charge is 0.460 e. The van der Waals surface area contributed by atoms with Crippen molar-refractivity contribution in [2.24, 2.45) is 0 Å². The topological polar surface area (TPSA) is 86.5 Å². The number of nitrogens with zero attached hydrogens (tertiary/aromatic N) is 1. The maximum Gasteiger partial charge on any atom is 0.382 e. The number of hydrogen-bond acceptors (Lipinski definition) is 5. The second-order valence-electron chi connectivity index (χ2n) is 3.90. The van der Waals surface area contributed by atoms with E-state index < -0.39 is 22.2 Å². The minimum absolute atomic E-state index is 0.0539. The molecule has 1 aliphatic carbocycles. The molecule has 0 atom stereocenters. The highest BCUT2D eigenvalue weighted by atomic mass is 16.6. The van der Waals surface area contributed by atoms with E-state index >= 15 is 0 Å². The van der Waals surface area contributed by atoms with E-state index in [0.717, 1.165) is 6.42 Å². The minimum atomic E-state index is -1.73. The molecule has 0 aromatic heterocycles. The normalized spacial score (nSPS) is 18.8. The van der Waals surface area contributed by atoms with Crippen LogP contribution in [0.25, 0.3) is 0 Å². The maximum absolute atomic E-state index is 11.7. The molecule has 6 heteroatoms. The molecule has 0 radical (unpaired) electrons. The molecule has 1 rings (SSSR count). The third kappa shape index (κ3) is 2.20. The molecule has 1 saturated carbocycles. The summed E-state index contributed by atoms with van der Waals surface area (Å²) < 4.78 is 4.54. The van der Waals surface area contributed by atoms with Gasteiger partial charge in [-0.05, 0) is 19.8 Å². The van der Waals surface area contributed by atoms with Crippen molar-refractivity contribution in [3.63, 3.8) is 0 Å². The Hall–Kier alpha value is -1.46. The summed E-state index contributed by atoms with van der Waals surface area (Å²) in [6.07, 6.45) is 2.35. The SMILES string of the molecule is CCOC(=O)C(=O)C1([N+](=O)[O-])CCCCC1. The number of ether oxygens (including phenoxy) is 1. The highest BCUT2D eigenvalue weighted by Crippen LogP contribution is 2.32. The van der Waals surface area contributed by atoms with E-state index in [0.29, 0.717) is 12.8 Å². The summed E-state index contributed by atoms with van der Waals surface area (Å²) in [5.41, 5.74) is -1.73. The highest BCUT2D eigenvalue weighted by molar-refractivity contribution is 6.36. The van der Waals surface area contributed by atoms with Crippen molar-refractivity contribution in [3.05, 3.63) is 10.1 Å². The predicted molar refractivity (Wildman–Crippen MR) is 54.5 cm³/mol. The molecular weight excluding hydrogens is 214 g/mol. The molecule has 0 aromatic rings. The number of hydrogen-bond donors (Lipinski definition) is 0. The molecule has 16 heavy (non-hydrogen) atoms. The first-order valence-corrected chi connectivity index (χ1v) is 5.40. The van der Waals surface area contributed by atoms with Crippen molar-refractivity contribution >= 4 is 11.8 Å². The van der Waals surface area contributed by atoms with Crippen LogP contribution in [0.4, 0.5) is 0 Å². The van der Waals surface area contributed by atoms with Crippen molar-refractivity contribution in [2.45, 2.75) is 44.6 Å². The summed E-state index contributed by atoms with van der Waals surface area (Å²) in [7, 11) is 0. The molecule has 0 unspecified atom stereocenters. The van der Waals surface area contributed by atoms with Crippen LogP contribution in [0.5, 0.6) is 0 Å². The molecule has 0 spiro atoms. The van der Waals surface area contributed by atoms with Gasteiger partial charge in [-0.25, -0.2) is 4.79 Å². The van der Waals surface area contributed by atoms with Gasteiger partial charge < -0.3 is 4.74 Å². The number of carbonyl (C=O) groups excluding carboxylic acids is 2. The number of nitro groups is 1. The lowest BCUT2D eigenvalue weighted by molar-refractivity contribution is -0.555. The Kier molecular flexibility index (Phi) is 3.98. The van der Waals surface area contributed by atoms with Gasteiger partial charge in [0.05, 0.1) is 6.61 Å². The third-order valence-electron chi connectivity index (χ3n) is 2.91. The van der Waals surface area contributed by atoms with Crippen LogP contribution in [0, 0.1) is 10.1 Å². The first-order chi connectivity index (χ1) is 7.54. The van der Waals surface area contributed by atoms with Gasteiger partial charge in [0.15, 0.2) is 0 Å². The summed E-state index contributed by atoms with van der Waals surface area (Å²) in [6.45, 7) is 1.61. The van der Waals surface area contributed by atoms with Gasteiger partial charge in [-0.15, -0.1) is 0 Å². The molecule has 0 bridgehead atoms. The molecule has 90 valence electrons. The van der Waals surface area contributed by atoms with Crippen molar-refractivity contribution in [3.8, 4) is 0 Å². The fraction of sp³-hybridized carbons (Fsp3) is 0.800. The second-order valence-corrected chi connectivity index (χ2v) is 3.90. The van der Waals surface area contributed by atoms with Crippen molar-refractivity contribution in [1.29, 1.82) is 0 Å². The fourth-order valence-corrected chi connectivity index (χ4v) is 2.02. The van der Waals surface area contributed by atoms with Crippen LogP contribution in [0.2, 0.25) is 0 Å². The molecule has 0 aromatic carbocycles. The van der Waals surface area contributed by atoms with E-state index in [4.69, 9.17) is 0 Å². The number of ketones is 1. The maximum atomic E-state index is 11.7. The third-order valence-corrected chi connectivity index (χ3v) is 2.91. The zero-order chi connectivity index (χ0) is 12.2. The van der Waals surface area contributed by atoms with E-state index in [1.54, 1.807) is 6.92 Å². The smallest absolute Gasteiger partial charge is 0.382 e. The average Bonchev–Trinajstić information content (AvgIpc) is 2.29. The molecule has 0 amide bonds. The van der Waals surface area contributed by atoms with E-state index in [-0.39, 0.29) is 19.4 Å². The predicted octanol–water partition coefficient (Wildman–Crippen LogP) is 1.10. The van der Waals surface area contributed by atoms with Gasteiger partial charge in [-0.3, -0.25) is 14.9 Å². The monoisotopic (exact) mass is 229 g/mol. The molecule has 0 saturated heterocycles. The summed E-state index contributed by atoms with van der Waals surface area (Å²) in [5.74, 6) is -2.08. The van der Waals surface area contributed by atoms with Crippen LogP contribution >= 0.6 is 0 Å². The van der Waals surface area contributed by atoms with Gasteiger partial charge in [-0.2, -0.15) is 0 Å². The van der Waals surface area contributed by atoms with Crippen LogP contribution in [0.15, 0.2) is 0 Å². The molecule has 0 heterocycles. The van der Waals surface area contributed by atoms with Crippen LogP contribution in [-0.2, 0) is 14.3 Å². The van der Waals surface area contributed by atoms with Crippen LogP contribution in [0.3, 0.4) is 0 Å². The Morgan fingerprint density at radius 3 is 2.31 bits per heavy atom. The van der Waals surface area contributed by atoms with Gasteiger partial charge in [0.25, 0.3) is 5.54 Å².